The predicted molar refractivity (Wildman–Crippen MR) is 58.4 cm³/mol. The minimum absolute atomic E-state index is 0.0760. The second-order valence-electron chi connectivity index (χ2n) is 2.92. The molecule has 16 heavy (non-hydrogen) atoms. The Morgan fingerprint density at radius 2 is 2.25 bits per heavy atom. The first-order valence-corrected chi connectivity index (χ1v) is 5.39. The van der Waals surface area contributed by atoms with E-state index >= 15 is 0 Å². The highest BCUT2D eigenvalue weighted by atomic mass is 32.1. The fraction of sp³-hybridized carbons (Fsp3) is 0.375. The summed E-state index contributed by atoms with van der Waals surface area (Å²) in [7, 11) is 0. The first kappa shape index (κ1) is 12.4. The number of carbonyl (C=O) groups is 2. The van der Waals surface area contributed by atoms with Gasteiger partial charge in [-0.05, 0) is 0 Å². The van der Waals surface area contributed by atoms with Crippen LogP contribution in [0.5, 0.6) is 0 Å². The summed E-state index contributed by atoms with van der Waals surface area (Å²) in [5.74, 6) is -1.02. The van der Waals surface area contributed by atoms with Crippen LogP contribution in [0.3, 0.4) is 0 Å². The summed E-state index contributed by atoms with van der Waals surface area (Å²) in [6.45, 7) is 1.43. The number of nitrogens with two attached hydrogens (primary N) is 1. The zero-order valence-electron chi connectivity index (χ0n) is 8.40. The van der Waals surface area contributed by atoms with E-state index < -0.39 is 12.0 Å². The lowest BCUT2D eigenvalue weighted by molar-refractivity contribution is 0.0696. The van der Waals surface area contributed by atoms with Crippen LogP contribution < -0.4 is 16.4 Å². The summed E-state index contributed by atoms with van der Waals surface area (Å²) in [6, 6.07) is -0.566. The van der Waals surface area contributed by atoms with Gasteiger partial charge in [-0.15, -0.1) is 11.3 Å². The molecule has 0 atom stereocenters. The lowest BCUT2D eigenvalue weighted by atomic mass is 10.4. The molecule has 2 amide bonds. The van der Waals surface area contributed by atoms with Crippen molar-refractivity contribution in [3.63, 3.8) is 0 Å². The minimum Gasteiger partial charge on any atom is -0.476 e. The van der Waals surface area contributed by atoms with E-state index in [4.69, 9.17) is 10.8 Å². The number of nitrogens with zero attached hydrogens (tertiary/aromatic N) is 1. The molecular formula is C8H12N4O3S. The van der Waals surface area contributed by atoms with E-state index in [9.17, 15) is 9.59 Å². The highest BCUT2D eigenvalue weighted by Crippen LogP contribution is 2.08. The maximum atomic E-state index is 10.5. The molecule has 0 aliphatic carbocycles. The zero-order valence-corrected chi connectivity index (χ0v) is 9.21. The van der Waals surface area contributed by atoms with Gasteiger partial charge in [-0.3, -0.25) is 0 Å². The number of urea groups is 1. The predicted octanol–water partition coefficient (Wildman–Crippen LogP) is -0.401. The van der Waals surface area contributed by atoms with Crippen LogP contribution in [0.15, 0.2) is 5.38 Å². The summed E-state index contributed by atoms with van der Waals surface area (Å²) in [6.07, 6.45) is 0. The first-order chi connectivity index (χ1) is 7.59. The third-order valence-corrected chi connectivity index (χ3v) is 2.52. The molecule has 0 aliphatic heterocycles. The van der Waals surface area contributed by atoms with E-state index in [-0.39, 0.29) is 5.01 Å². The van der Waals surface area contributed by atoms with E-state index in [2.05, 4.69) is 15.6 Å². The Kier molecular flexibility index (Phi) is 4.67. The Labute approximate surface area is 95.7 Å². The molecule has 88 valence electrons. The quantitative estimate of drug-likeness (QED) is 0.508. The van der Waals surface area contributed by atoms with Crippen molar-refractivity contribution in [2.45, 2.75) is 6.54 Å². The number of carbonyl (C=O) groups excluding carboxylic acids is 1. The molecular weight excluding hydrogens is 232 g/mol. The van der Waals surface area contributed by atoms with E-state index in [0.717, 1.165) is 11.3 Å². The van der Waals surface area contributed by atoms with Crippen molar-refractivity contribution in [1.29, 1.82) is 0 Å². The molecule has 1 aromatic rings. The van der Waals surface area contributed by atoms with Gasteiger partial charge in [0.15, 0.2) is 0 Å². The van der Waals surface area contributed by atoms with E-state index in [1.54, 1.807) is 5.38 Å². The second-order valence-corrected chi connectivity index (χ2v) is 3.78. The molecule has 5 N–H and O–H groups in total. The number of hydrogen-bond donors (Lipinski definition) is 4. The van der Waals surface area contributed by atoms with Crippen LogP contribution in [0.4, 0.5) is 4.79 Å². The van der Waals surface area contributed by atoms with E-state index in [1.165, 1.54) is 0 Å². The largest absolute Gasteiger partial charge is 0.476 e. The molecule has 0 bridgehead atoms. The molecule has 0 saturated heterocycles. The SMILES string of the molecule is NC(=O)NCCNCc1csc(C(=O)O)n1. The average molecular weight is 244 g/mol. The highest BCUT2D eigenvalue weighted by molar-refractivity contribution is 7.11. The Balaban J connectivity index is 2.21. The van der Waals surface area contributed by atoms with Gasteiger partial charge in [0, 0.05) is 25.0 Å². The van der Waals surface area contributed by atoms with Gasteiger partial charge in [0.1, 0.15) is 0 Å². The third-order valence-electron chi connectivity index (χ3n) is 1.64. The monoisotopic (exact) mass is 244 g/mol. The van der Waals surface area contributed by atoms with Crippen LogP contribution in [0.2, 0.25) is 0 Å². The summed E-state index contributed by atoms with van der Waals surface area (Å²) in [4.78, 5) is 24.7. The molecule has 0 unspecified atom stereocenters. The van der Waals surface area contributed by atoms with Crippen LogP contribution in [-0.4, -0.2) is 35.2 Å². The minimum atomic E-state index is -1.02. The smallest absolute Gasteiger partial charge is 0.365 e. The van der Waals surface area contributed by atoms with E-state index in [1.807, 2.05) is 0 Å². The Morgan fingerprint density at radius 3 is 2.81 bits per heavy atom. The number of primary amides is 1. The summed E-state index contributed by atoms with van der Waals surface area (Å²) < 4.78 is 0. The van der Waals surface area contributed by atoms with E-state index in [0.29, 0.717) is 25.3 Å². The number of rotatable bonds is 6. The molecule has 7 nitrogen and oxygen atoms in total. The van der Waals surface area contributed by atoms with Crippen LogP contribution in [0, 0.1) is 0 Å². The number of aromatic nitrogens is 1. The number of thiazole rings is 1. The fourth-order valence-corrected chi connectivity index (χ4v) is 1.63. The Bertz CT molecular complexity index is 379. The van der Waals surface area contributed by atoms with Gasteiger partial charge in [-0.25, -0.2) is 14.6 Å². The average Bonchev–Trinajstić information content (AvgIpc) is 2.65. The normalized spacial score (nSPS) is 10.0. The van der Waals surface area contributed by atoms with Crippen molar-refractivity contribution in [1.82, 2.24) is 15.6 Å². The number of amides is 2. The lowest BCUT2D eigenvalue weighted by Gasteiger charge is -2.02. The zero-order chi connectivity index (χ0) is 12.0. The Hall–Kier alpha value is -1.67. The molecule has 1 aromatic heterocycles. The maximum Gasteiger partial charge on any atom is 0.365 e. The van der Waals surface area contributed by atoms with Crippen molar-refractivity contribution in [3.8, 4) is 0 Å². The van der Waals surface area contributed by atoms with Gasteiger partial charge >= 0.3 is 12.0 Å². The van der Waals surface area contributed by atoms with Crippen molar-refractivity contribution in [3.05, 3.63) is 16.1 Å². The summed E-state index contributed by atoms with van der Waals surface area (Å²) >= 11 is 1.09. The fourth-order valence-electron chi connectivity index (χ4n) is 0.977. The highest BCUT2D eigenvalue weighted by Gasteiger charge is 2.07. The Morgan fingerprint density at radius 1 is 1.50 bits per heavy atom. The molecule has 1 heterocycles. The third kappa shape index (κ3) is 4.24. The summed E-state index contributed by atoms with van der Waals surface area (Å²) in [5.41, 5.74) is 5.54. The molecule has 0 aliphatic rings. The van der Waals surface area contributed by atoms with Crippen LogP contribution in [0.25, 0.3) is 0 Å². The standard InChI is InChI=1S/C8H12N4O3S/c9-8(15)11-2-1-10-3-5-4-16-6(12-5)7(13)14/h4,10H,1-3H2,(H,13,14)(H3,9,11,15). The first-order valence-electron chi connectivity index (χ1n) is 4.51. The second kappa shape index (κ2) is 6.03. The topological polar surface area (TPSA) is 117 Å². The molecule has 0 fully saturated rings. The molecule has 0 saturated carbocycles. The van der Waals surface area contributed by atoms with Gasteiger partial charge in [0.2, 0.25) is 5.01 Å². The number of aromatic carboxylic acids is 1. The molecule has 0 spiro atoms. The van der Waals surface area contributed by atoms with Gasteiger partial charge < -0.3 is 21.5 Å². The van der Waals surface area contributed by atoms with Crippen molar-refractivity contribution < 1.29 is 14.7 Å². The van der Waals surface area contributed by atoms with Crippen molar-refractivity contribution in [2.75, 3.05) is 13.1 Å². The van der Waals surface area contributed by atoms with Crippen LogP contribution in [-0.2, 0) is 6.54 Å². The summed E-state index contributed by atoms with van der Waals surface area (Å²) in [5, 5.41) is 15.8. The van der Waals surface area contributed by atoms with Gasteiger partial charge in [0.05, 0.1) is 5.69 Å². The number of nitrogens with one attached hydrogen (secondary N) is 2. The number of carboxylic acids is 1. The van der Waals surface area contributed by atoms with Crippen LogP contribution in [0.1, 0.15) is 15.5 Å². The number of hydrogen-bond acceptors (Lipinski definition) is 5. The van der Waals surface area contributed by atoms with Crippen molar-refractivity contribution >= 4 is 23.3 Å². The molecule has 0 radical (unpaired) electrons. The lowest BCUT2D eigenvalue weighted by Crippen LogP contribution is -2.35. The van der Waals surface area contributed by atoms with Gasteiger partial charge in [0.25, 0.3) is 0 Å². The van der Waals surface area contributed by atoms with Gasteiger partial charge in [-0.1, -0.05) is 0 Å². The van der Waals surface area contributed by atoms with Crippen molar-refractivity contribution in [2.24, 2.45) is 5.73 Å². The molecule has 8 heteroatoms. The number of carboxylic acid groups (broad SMARTS) is 1. The molecule has 1 rings (SSSR count). The molecule has 0 aromatic carbocycles. The maximum absolute atomic E-state index is 10.5. The van der Waals surface area contributed by atoms with Gasteiger partial charge in [-0.2, -0.15) is 0 Å². The van der Waals surface area contributed by atoms with Crippen LogP contribution >= 0.6 is 11.3 Å².